The number of rotatable bonds is 3. The largest absolute Gasteiger partial charge is 0.468 e. The van der Waals surface area contributed by atoms with Crippen molar-refractivity contribution in [1.29, 1.82) is 0 Å². The molecule has 0 aromatic carbocycles. The van der Waals surface area contributed by atoms with Gasteiger partial charge in [0.1, 0.15) is 5.60 Å². The summed E-state index contributed by atoms with van der Waals surface area (Å²) in [5.41, 5.74) is -4.42. The van der Waals surface area contributed by atoms with Crippen molar-refractivity contribution in [1.82, 2.24) is 9.13 Å². The van der Waals surface area contributed by atoms with Gasteiger partial charge in [-0.15, -0.1) is 0 Å². The smallest absolute Gasteiger partial charge is 0.425 e. The fraction of sp³-hybridized carbons (Fsp3) is 0.588. The third-order valence-corrected chi connectivity index (χ3v) is 4.22. The van der Waals surface area contributed by atoms with Crippen LogP contribution in [-0.2, 0) is 23.8 Å². The zero-order chi connectivity index (χ0) is 20.7. The predicted octanol–water partition coefficient (Wildman–Crippen LogP) is 0.379. The molecular weight excluding hydrogens is 360 g/mol. The van der Waals surface area contributed by atoms with Crippen LogP contribution in [0.4, 0.5) is 4.79 Å². The van der Waals surface area contributed by atoms with Gasteiger partial charge in [-0.1, -0.05) is 0 Å². The number of nitrogens with zero attached hydrogens (tertiary/aromatic N) is 2. The van der Waals surface area contributed by atoms with E-state index < -0.39 is 46.3 Å². The molecule has 148 valence electrons. The molecule has 0 saturated heterocycles. The van der Waals surface area contributed by atoms with E-state index in [2.05, 4.69) is 9.47 Å². The summed E-state index contributed by atoms with van der Waals surface area (Å²) in [6, 6.07) is -0.946. The average Bonchev–Trinajstić information content (AvgIpc) is 3.31. The number of hydrogen-bond donors (Lipinski definition) is 0. The van der Waals surface area contributed by atoms with Crippen LogP contribution in [0.3, 0.4) is 0 Å². The molecule has 1 heterocycles. The Morgan fingerprint density at radius 3 is 2.07 bits per heavy atom. The molecule has 27 heavy (non-hydrogen) atoms. The first-order valence-corrected chi connectivity index (χ1v) is 8.15. The average molecular weight is 382 g/mol. The van der Waals surface area contributed by atoms with Gasteiger partial charge in [0.15, 0.2) is 5.41 Å². The molecule has 1 aliphatic carbocycles. The Hall–Kier alpha value is -2.91. The van der Waals surface area contributed by atoms with Gasteiger partial charge in [0.25, 0.3) is 5.56 Å². The molecule has 1 aliphatic rings. The molecule has 0 radical (unpaired) electrons. The first-order valence-electron chi connectivity index (χ1n) is 8.15. The van der Waals surface area contributed by atoms with Gasteiger partial charge in [-0.05, 0) is 34.1 Å². The number of carbonyl (C=O) groups is 3. The van der Waals surface area contributed by atoms with E-state index in [4.69, 9.17) is 4.74 Å². The molecule has 10 nitrogen and oxygen atoms in total. The van der Waals surface area contributed by atoms with Crippen molar-refractivity contribution < 1.29 is 28.6 Å². The lowest BCUT2D eigenvalue weighted by molar-refractivity contribution is -0.162. The maximum atomic E-state index is 12.8. The second-order valence-corrected chi connectivity index (χ2v) is 7.30. The van der Waals surface area contributed by atoms with E-state index >= 15 is 0 Å². The van der Waals surface area contributed by atoms with Crippen LogP contribution in [0.25, 0.3) is 0 Å². The molecule has 2 rings (SSSR count). The highest BCUT2D eigenvalue weighted by Crippen LogP contribution is 2.57. The standard InChI is InChI=1S/C17H22N2O8/c1-9-8-18(10-7-17(10,12(21)25-5)13(22)26-6)14(23)19(11(9)20)15(24)27-16(2,3)4/h8,10H,7H2,1-6H3. The van der Waals surface area contributed by atoms with Gasteiger partial charge in [0, 0.05) is 11.8 Å². The summed E-state index contributed by atoms with van der Waals surface area (Å²) < 4.78 is 15.8. The first-order chi connectivity index (χ1) is 12.4. The monoisotopic (exact) mass is 382 g/mol. The highest BCUT2D eigenvalue weighted by atomic mass is 16.6. The van der Waals surface area contributed by atoms with E-state index in [9.17, 15) is 24.0 Å². The number of aryl methyl sites for hydroxylation is 1. The fourth-order valence-electron chi connectivity index (χ4n) is 2.86. The lowest BCUT2D eigenvalue weighted by atomic mass is 10.1. The Balaban J connectivity index is 2.60. The quantitative estimate of drug-likeness (QED) is 0.418. The van der Waals surface area contributed by atoms with Gasteiger partial charge >= 0.3 is 23.7 Å². The van der Waals surface area contributed by atoms with Gasteiger partial charge in [-0.3, -0.25) is 19.0 Å². The molecule has 0 spiro atoms. The molecule has 0 amide bonds. The van der Waals surface area contributed by atoms with Crippen LogP contribution >= 0.6 is 0 Å². The lowest BCUT2D eigenvalue weighted by Crippen LogP contribution is -2.47. The van der Waals surface area contributed by atoms with Gasteiger partial charge in [-0.25, -0.2) is 9.59 Å². The number of aromatic nitrogens is 2. The normalized spacial score (nSPS) is 17.8. The summed E-state index contributed by atoms with van der Waals surface area (Å²) in [6.07, 6.45) is -0.000435. The minimum Gasteiger partial charge on any atom is -0.468 e. The molecule has 1 atom stereocenters. The van der Waals surface area contributed by atoms with Crippen LogP contribution in [0, 0.1) is 12.3 Å². The minimum absolute atomic E-state index is 0.0573. The summed E-state index contributed by atoms with van der Waals surface area (Å²) in [5, 5.41) is 0. The summed E-state index contributed by atoms with van der Waals surface area (Å²) in [7, 11) is 2.22. The van der Waals surface area contributed by atoms with E-state index in [0.717, 1.165) is 18.8 Å². The summed E-state index contributed by atoms with van der Waals surface area (Å²) in [5.74, 6) is -1.72. The van der Waals surface area contributed by atoms with Crippen LogP contribution in [0.5, 0.6) is 0 Å². The Kier molecular flexibility index (Phi) is 5.04. The van der Waals surface area contributed by atoms with Crippen LogP contribution < -0.4 is 11.2 Å². The van der Waals surface area contributed by atoms with Crippen molar-refractivity contribution in [3.05, 3.63) is 32.6 Å². The van der Waals surface area contributed by atoms with E-state index in [1.807, 2.05) is 0 Å². The maximum Gasteiger partial charge on any atom is 0.425 e. The zero-order valence-electron chi connectivity index (χ0n) is 16.0. The summed E-state index contributed by atoms with van der Waals surface area (Å²) in [4.78, 5) is 61.7. The summed E-state index contributed by atoms with van der Waals surface area (Å²) in [6.45, 7) is 6.17. The Labute approximate surface area is 154 Å². The molecule has 0 N–H and O–H groups in total. The summed E-state index contributed by atoms with van der Waals surface area (Å²) >= 11 is 0. The minimum atomic E-state index is -1.70. The topological polar surface area (TPSA) is 123 Å². The molecule has 0 bridgehead atoms. The first kappa shape index (κ1) is 20.4. The van der Waals surface area contributed by atoms with Crippen molar-refractivity contribution in [3.63, 3.8) is 0 Å². The Morgan fingerprint density at radius 1 is 1.11 bits per heavy atom. The SMILES string of the molecule is COC(=O)C1(C(=O)OC)CC1n1cc(C)c(=O)n(C(=O)OC(C)(C)C)c1=O. The molecule has 10 heteroatoms. The number of esters is 2. The molecule has 1 fully saturated rings. The number of carbonyl (C=O) groups excluding carboxylic acids is 3. The van der Waals surface area contributed by atoms with Crippen LogP contribution in [0.1, 0.15) is 38.8 Å². The lowest BCUT2D eigenvalue weighted by Gasteiger charge is -2.20. The van der Waals surface area contributed by atoms with Gasteiger partial charge < -0.3 is 14.2 Å². The Bertz CT molecular complexity index is 902. The van der Waals surface area contributed by atoms with Gasteiger partial charge in [0.05, 0.1) is 20.3 Å². The van der Waals surface area contributed by atoms with Gasteiger partial charge in [-0.2, -0.15) is 4.57 Å². The predicted molar refractivity (Wildman–Crippen MR) is 91.5 cm³/mol. The van der Waals surface area contributed by atoms with Crippen LogP contribution in [0.2, 0.25) is 0 Å². The fourth-order valence-corrected chi connectivity index (χ4v) is 2.86. The van der Waals surface area contributed by atoms with Crippen molar-refractivity contribution in [2.75, 3.05) is 14.2 Å². The second kappa shape index (κ2) is 6.67. The third-order valence-electron chi connectivity index (χ3n) is 4.22. The van der Waals surface area contributed by atoms with Crippen molar-refractivity contribution in [2.24, 2.45) is 5.41 Å². The molecule has 1 aromatic heterocycles. The highest BCUT2D eigenvalue weighted by Gasteiger charge is 2.69. The molecular formula is C17H22N2O8. The van der Waals surface area contributed by atoms with E-state index in [0.29, 0.717) is 4.57 Å². The van der Waals surface area contributed by atoms with E-state index in [1.54, 1.807) is 20.8 Å². The zero-order valence-corrected chi connectivity index (χ0v) is 16.0. The van der Waals surface area contributed by atoms with Crippen LogP contribution in [-0.4, -0.2) is 47.0 Å². The van der Waals surface area contributed by atoms with Crippen molar-refractivity contribution in [3.8, 4) is 0 Å². The molecule has 1 unspecified atom stereocenters. The van der Waals surface area contributed by atoms with Crippen molar-refractivity contribution >= 4 is 18.0 Å². The molecule has 0 aliphatic heterocycles. The van der Waals surface area contributed by atoms with Crippen LogP contribution in [0.15, 0.2) is 15.8 Å². The van der Waals surface area contributed by atoms with E-state index in [-0.39, 0.29) is 12.0 Å². The Morgan fingerprint density at radius 2 is 1.63 bits per heavy atom. The second-order valence-electron chi connectivity index (χ2n) is 7.30. The molecule has 1 aromatic rings. The third kappa shape index (κ3) is 3.38. The number of hydrogen-bond acceptors (Lipinski definition) is 8. The highest BCUT2D eigenvalue weighted by molar-refractivity contribution is 6.04. The number of ether oxygens (including phenoxy) is 3. The molecule has 1 saturated carbocycles. The van der Waals surface area contributed by atoms with Crippen molar-refractivity contribution in [2.45, 2.75) is 45.8 Å². The van der Waals surface area contributed by atoms with Gasteiger partial charge in [0.2, 0.25) is 0 Å². The number of methoxy groups -OCH3 is 2. The van der Waals surface area contributed by atoms with E-state index in [1.165, 1.54) is 13.1 Å². The maximum absolute atomic E-state index is 12.8.